The minimum Gasteiger partial charge on any atom is -0.309 e. The van der Waals surface area contributed by atoms with Crippen molar-refractivity contribution in [2.75, 3.05) is 0 Å². The summed E-state index contributed by atoms with van der Waals surface area (Å²) in [6.07, 6.45) is 0. The van der Waals surface area contributed by atoms with Crippen LogP contribution < -0.4 is 0 Å². The second kappa shape index (κ2) is 11.6. The molecule has 0 fully saturated rings. The molecule has 0 atom stereocenters. The second-order valence-corrected chi connectivity index (χ2v) is 13.2. The van der Waals surface area contributed by atoms with Crippen LogP contribution in [0.5, 0.6) is 0 Å². The lowest BCUT2D eigenvalue weighted by molar-refractivity contribution is 1.18. The fourth-order valence-electron chi connectivity index (χ4n) is 7.99. The number of hydrogen-bond acceptors (Lipinski definition) is 2. The summed E-state index contributed by atoms with van der Waals surface area (Å²) in [5, 5.41) is 26.3. The third-order valence-corrected chi connectivity index (χ3v) is 10.4. The smallest absolute Gasteiger partial charge is 0.0998 e. The molecule has 2 aromatic heterocycles. The van der Waals surface area contributed by atoms with Gasteiger partial charge in [0.15, 0.2) is 0 Å². The summed E-state index contributed by atoms with van der Waals surface area (Å²) in [5.41, 5.74) is 12.3. The second-order valence-electron chi connectivity index (χ2n) is 13.2. The number of rotatable bonds is 4. The van der Waals surface area contributed by atoms with Gasteiger partial charge in [-0.1, -0.05) is 103 Å². The van der Waals surface area contributed by atoms with Crippen LogP contribution >= 0.6 is 0 Å². The van der Waals surface area contributed by atoms with Gasteiger partial charge in [0, 0.05) is 38.3 Å². The summed E-state index contributed by atoms with van der Waals surface area (Å²) < 4.78 is 4.56. The summed E-state index contributed by atoms with van der Waals surface area (Å²) in [7, 11) is 0. The zero-order valence-electron chi connectivity index (χ0n) is 28.0. The van der Waals surface area contributed by atoms with Gasteiger partial charge in [-0.15, -0.1) is 0 Å². The molecule has 0 unspecified atom stereocenters. The highest BCUT2D eigenvalue weighted by Gasteiger charge is 2.18. The minimum absolute atomic E-state index is 0.608. The van der Waals surface area contributed by atoms with E-state index in [2.05, 4.69) is 143 Å². The lowest BCUT2D eigenvalue weighted by atomic mass is 9.99. The van der Waals surface area contributed by atoms with Crippen molar-refractivity contribution in [3.05, 3.63) is 181 Å². The third kappa shape index (κ3) is 4.46. The molecule has 2 heterocycles. The van der Waals surface area contributed by atoms with Gasteiger partial charge in [0.1, 0.15) is 0 Å². The van der Waals surface area contributed by atoms with Crippen molar-refractivity contribution in [2.45, 2.75) is 0 Å². The molecule has 4 nitrogen and oxygen atoms in total. The van der Waals surface area contributed by atoms with Gasteiger partial charge in [0.2, 0.25) is 0 Å². The number of fused-ring (bicyclic) bond motifs is 8. The monoisotopic (exact) mass is 660 g/mol. The lowest BCUT2D eigenvalue weighted by Gasteiger charge is -2.11. The highest BCUT2D eigenvalue weighted by atomic mass is 15.0. The molecule has 10 rings (SSSR count). The topological polar surface area (TPSA) is 57.4 Å². The fraction of sp³-hybridized carbons (Fsp3) is 0. The Morgan fingerprint density at radius 1 is 0.346 bits per heavy atom. The molecule has 240 valence electrons. The molecule has 0 bridgehead atoms. The minimum atomic E-state index is 0.608. The van der Waals surface area contributed by atoms with Crippen LogP contribution in [-0.4, -0.2) is 9.13 Å². The van der Waals surface area contributed by atoms with E-state index in [-0.39, 0.29) is 0 Å². The van der Waals surface area contributed by atoms with Gasteiger partial charge in [0.05, 0.1) is 45.3 Å². The van der Waals surface area contributed by atoms with Crippen LogP contribution in [0.25, 0.3) is 88.0 Å². The van der Waals surface area contributed by atoms with Crippen molar-refractivity contribution >= 4 is 54.4 Å². The Morgan fingerprint density at radius 3 is 1.60 bits per heavy atom. The first kappa shape index (κ1) is 29.5. The Hall–Kier alpha value is -7.40. The van der Waals surface area contributed by atoms with Gasteiger partial charge in [-0.3, -0.25) is 0 Å². The molecule has 4 heteroatoms. The predicted molar refractivity (Wildman–Crippen MR) is 213 cm³/mol. The molecule has 0 N–H and O–H groups in total. The number of nitriles is 2. The zero-order valence-corrected chi connectivity index (χ0v) is 28.0. The third-order valence-electron chi connectivity index (χ3n) is 10.4. The predicted octanol–water partition coefficient (Wildman–Crippen LogP) is 12.1. The maximum Gasteiger partial charge on any atom is 0.0998 e. The van der Waals surface area contributed by atoms with Crippen LogP contribution in [0.15, 0.2) is 170 Å². The van der Waals surface area contributed by atoms with Gasteiger partial charge in [-0.2, -0.15) is 10.5 Å². The van der Waals surface area contributed by atoms with Gasteiger partial charge in [-0.25, -0.2) is 0 Å². The number of aromatic nitrogens is 2. The maximum absolute atomic E-state index is 10.1. The zero-order chi connectivity index (χ0) is 34.8. The lowest BCUT2D eigenvalue weighted by Crippen LogP contribution is -1.95. The summed E-state index contributed by atoms with van der Waals surface area (Å²) in [5.74, 6) is 0. The Kier molecular flexibility index (Phi) is 6.58. The van der Waals surface area contributed by atoms with Crippen molar-refractivity contribution in [1.29, 1.82) is 10.5 Å². The summed E-state index contributed by atoms with van der Waals surface area (Å²) in [4.78, 5) is 0. The molecule has 52 heavy (non-hydrogen) atoms. The average Bonchev–Trinajstić information content (AvgIpc) is 3.73. The van der Waals surface area contributed by atoms with E-state index in [1.807, 2.05) is 48.5 Å². The molecule has 8 aromatic carbocycles. The molecule has 0 aliphatic heterocycles. The first-order chi connectivity index (χ1) is 25.7. The van der Waals surface area contributed by atoms with E-state index in [1.165, 1.54) is 27.4 Å². The van der Waals surface area contributed by atoms with Gasteiger partial charge in [-0.05, 0) is 94.4 Å². The number of para-hydroxylation sites is 1. The summed E-state index contributed by atoms with van der Waals surface area (Å²) in [6.45, 7) is 0. The maximum atomic E-state index is 10.1. The van der Waals surface area contributed by atoms with Crippen LogP contribution in [-0.2, 0) is 0 Å². The van der Waals surface area contributed by atoms with Crippen LogP contribution in [0.4, 0.5) is 0 Å². The number of hydrogen-bond donors (Lipinski definition) is 0. The largest absolute Gasteiger partial charge is 0.309 e. The standard InChI is InChI=1S/C48H28N4/c49-29-31-14-24-46-43(26-31)48-41-12-5-4-10-39(41)36(30-50)28-47(48)52(46)38-22-17-34(18-23-38)35-19-25-45-42(27-35)40-11-6-7-13-44(40)51(45)37-20-15-33(16-21-37)32-8-2-1-3-9-32/h1-28H. The molecule has 10 aromatic rings. The molecular formula is C48H28N4. The van der Waals surface area contributed by atoms with Crippen LogP contribution in [0.2, 0.25) is 0 Å². The molecule has 0 saturated heterocycles. The van der Waals surface area contributed by atoms with Gasteiger partial charge >= 0.3 is 0 Å². The van der Waals surface area contributed by atoms with Gasteiger partial charge in [0.25, 0.3) is 0 Å². The Bertz CT molecular complexity index is 3110. The van der Waals surface area contributed by atoms with E-state index in [0.29, 0.717) is 11.1 Å². The normalized spacial score (nSPS) is 11.4. The Morgan fingerprint density at radius 2 is 0.885 bits per heavy atom. The first-order valence-electron chi connectivity index (χ1n) is 17.3. The van der Waals surface area contributed by atoms with E-state index in [9.17, 15) is 10.5 Å². The Balaban J connectivity index is 1.09. The molecule has 0 spiro atoms. The van der Waals surface area contributed by atoms with E-state index in [1.54, 1.807) is 0 Å². The molecule has 0 aliphatic rings. The van der Waals surface area contributed by atoms with E-state index >= 15 is 0 Å². The highest BCUT2D eigenvalue weighted by molar-refractivity contribution is 6.22. The van der Waals surface area contributed by atoms with Gasteiger partial charge < -0.3 is 9.13 Å². The van der Waals surface area contributed by atoms with Crippen LogP contribution in [0.1, 0.15) is 11.1 Å². The summed E-state index contributed by atoms with van der Waals surface area (Å²) >= 11 is 0. The molecule has 0 aliphatic carbocycles. The fourth-order valence-corrected chi connectivity index (χ4v) is 7.99. The van der Waals surface area contributed by atoms with E-state index < -0.39 is 0 Å². The number of benzene rings is 8. The van der Waals surface area contributed by atoms with Crippen molar-refractivity contribution in [3.8, 4) is 45.8 Å². The highest BCUT2D eigenvalue weighted by Crippen LogP contribution is 2.40. The summed E-state index contributed by atoms with van der Waals surface area (Å²) in [6, 6.07) is 63.9. The van der Waals surface area contributed by atoms with Crippen molar-refractivity contribution < 1.29 is 0 Å². The van der Waals surface area contributed by atoms with Crippen LogP contribution in [0.3, 0.4) is 0 Å². The quantitative estimate of drug-likeness (QED) is 0.189. The molecule has 0 amide bonds. The van der Waals surface area contributed by atoms with Crippen molar-refractivity contribution in [1.82, 2.24) is 9.13 Å². The van der Waals surface area contributed by atoms with Crippen molar-refractivity contribution in [3.63, 3.8) is 0 Å². The van der Waals surface area contributed by atoms with Crippen molar-refractivity contribution in [2.24, 2.45) is 0 Å². The Labute approximate surface area is 299 Å². The SMILES string of the molecule is N#Cc1ccc2c(c1)c1c3ccccc3c(C#N)cc1n2-c1ccc(-c2ccc3c(c2)c2ccccc2n3-c2ccc(-c3ccccc3)cc2)cc1. The molecular weight excluding hydrogens is 633 g/mol. The average molecular weight is 661 g/mol. The van der Waals surface area contributed by atoms with E-state index in [4.69, 9.17) is 0 Å². The number of nitrogens with zero attached hydrogens (tertiary/aromatic N) is 4. The molecule has 0 radical (unpaired) electrons. The first-order valence-corrected chi connectivity index (χ1v) is 17.3. The van der Waals surface area contributed by atoms with E-state index in [0.717, 1.165) is 60.6 Å². The molecule has 0 saturated carbocycles. The van der Waals surface area contributed by atoms with Crippen LogP contribution in [0, 0.1) is 22.7 Å².